The smallest absolute Gasteiger partial charge is 0.0514 e. The highest BCUT2D eigenvalue weighted by Gasteiger charge is 2.04. The fourth-order valence-electron chi connectivity index (χ4n) is 1.06. The van der Waals surface area contributed by atoms with Crippen LogP contribution >= 0.6 is 11.8 Å². The molecule has 78 valence electrons. The molecule has 1 heterocycles. The zero-order valence-corrected chi connectivity index (χ0v) is 10.5. The molecule has 0 aliphatic rings. The van der Waals surface area contributed by atoms with E-state index in [4.69, 9.17) is 0 Å². The Morgan fingerprint density at radius 1 is 1.29 bits per heavy atom. The first kappa shape index (κ1) is 13.2. The van der Waals surface area contributed by atoms with Crippen molar-refractivity contribution in [3.05, 3.63) is 35.0 Å². The Bertz CT molecular complexity index is 305. The number of pyridine rings is 1. The van der Waals surface area contributed by atoms with Crippen LogP contribution in [0.25, 0.3) is 0 Å². The minimum atomic E-state index is 1.09. The minimum Gasteiger partial charge on any atom is -0.260 e. The summed E-state index contributed by atoms with van der Waals surface area (Å²) in [6.45, 7) is 13.9. The minimum absolute atomic E-state index is 1.09. The molecule has 0 unspecified atom stereocenters. The van der Waals surface area contributed by atoms with Gasteiger partial charge < -0.3 is 0 Å². The van der Waals surface area contributed by atoms with Gasteiger partial charge in [0.2, 0.25) is 0 Å². The quantitative estimate of drug-likeness (QED) is 0.675. The van der Waals surface area contributed by atoms with Gasteiger partial charge in [0.25, 0.3) is 0 Å². The third kappa shape index (κ3) is 3.18. The summed E-state index contributed by atoms with van der Waals surface area (Å²) in [7, 11) is 0. The first-order valence-electron chi connectivity index (χ1n) is 4.87. The number of nitrogens with zero attached hydrogens (tertiary/aromatic N) is 1. The lowest BCUT2D eigenvalue weighted by Crippen LogP contribution is -1.91. The molecular formula is C12H19NS. The molecule has 0 aliphatic heterocycles. The first-order chi connectivity index (χ1) is 6.66. The lowest BCUT2D eigenvalue weighted by molar-refractivity contribution is 1.05. The summed E-state index contributed by atoms with van der Waals surface area (Å²) >= 11 is 1.64. The van der Waals surface area contributed by atoms with Crippen LogP contribution in [0.3, 0.4) is 0 Å². The Hall–Kier alpha value is -0.760. The molecule has 2 heteroatoms. The lowest BCUT2D eigenvalue weighted by Gasteiger charge is -2.07. The van der Waals surface area contributed by atoms with E-state index in [-0.39, 0.29) is 0 Å². The van der Waals surface area contributed by atoms with Crippen molar-refractivity contribution in [2.24, 2.45) is 0 Å². The number of hydrogen-bond acceptors (Lipinski definition) is 2. The SMILES string of the molecule is C=CSc1c(C)ncc(C)c1C.CC. The van der Waals surface area contributed by atoms with Crippen molar-refractivity contribution >= 4 is 11.8 Å². The Morgan fingerprint density at radius 3 is 2.36 bits per heavy atom. The van der Waals surface area contributed by atoms with E-state index in [1.54, 1.807) is 11.8 Å². The van der Waals surface area contributed by atoms with Gasteiger partial charge in [0, 0.05) is 11.1 Å². The highest BCUT2D eigenvalue weighted by atomic mass is 32.2. The van der Waals surface area contributed by atoms with Crippen molar-refractivity contribution in [2.45, 2.75) is 39.5 Å². The molecular weight excluding hydrogens is 190 g/mol. The van der Waals surface area contributed by atoms with E-state index in [0.29, 0.717) is 0 Å². The molecule has 1 aromatic heterocycles. The number of rotatable bonds is 2. The van der Waals surface area contributed by atoms with Gasteiger partial charge in [0.05, 0.1) is 5.69 Å². The molecule has 1 aromatic rings. The van der Waals surface area contributed by atoms with Crippen molar-refractivity contribution in [3.8, 4) is 0 Å². The van der Waals surface area contributed by atoms with E-state index in [0.717, 1.165) is 5.69 Å². The third-order valence-corrected chi connectivity index (χ3v) is 2.92. The normalized spacial score (nSPS) is 8.93. The Balaban J connectivity index is 0.000000791. The summed E-state index contributed by atoms with van der Waals surface area (Å²) in [5, 5.41) is 1.84. The Morgan fingerprint density at radius 2 is 1.86 bits per heavy atom. The molecule has 1 nitrogen and oxygen atoms in total. The zero-order chi connectivity index (χ0) is 11.1. The second kappa shape index (κ2) is 6.66. The van der Waals surface area contributed by atoms with Gasteiger partial charge in [-0.05, 0) is 37.3 Å². The average molecular weight is 209 g/mol. The van der Waals surface area contributed by atoms with E-state index in [1.807, 2.05) is 32.4 Å². The maximum absolute atomic E-state index is 4.29. The molecule has 0 aromatic carbocycles. The second-order valence-electron chi connectivity index (χ2n) is 2.77. The van der Waals surface area contributed by atoms with Crippen LogP contribution in [0.5, 0.6) is 0 Å². The maximum Gasteiger partial charge on any atom is 0.0514 e. The number of aryl methyl sites for hydroxylation is 2. The first-order valence-corrected chi connectivity index (χ1v) is 5.75. The van der Waals surface area contributed by atoms with Crippen LogP contribution in [0.2, 0.25) is 0 Å². The fourth-order valence-corrected chi connectivity index (χ4v) is 1.78. The van der Waals surface area contributed by atoms with Crippen molar-refractivity contribution in [1.82, 2.24) is 4.98 Å². The van der Waals surface area contributed by atoms with E-state index in [9.17, 15) is 0 Å². The zero-order valence-electron chi connectivity index (χ0n) is 9.72. The molecule has 0 saturated carbocycles. The molecule has 0 aliphatic carbocycles. The molecule has 1 rings (SSSR count). The van der Waals surface area contributed by atoms with Crippen LogP contribution in [0.4, 0.5) is 0 Å². The van der Waals surface area contributed by atoms with Crippen molar-refractivity contribution < 1.29 is 0 Å². The van der Waals surface area contributed by atoms with Gasteiger partial charge in [-0.15, -0.1) is 0 Å². The monoisotopic (exact) mass is 209 g/mol. The van der Waals surface area contributed by atoms with Gasteiger partial charge in [-0.1, -0.05) is 32.2 Å². The molecule has 0 amide bonds. The lowest BCUT2D eigenvalue weighted by atomic mass is 10.1. The topological polar surface area (TPSA) is 12.9 Å². The van der Waals surface area contributed by atoms with Crippen LogP contribution in [0, 0.1) is 20.8 Å². The Labute approximate surface area is 91.6 Å². The highest BCUT2D eigenvalue weighted by molar-refractivity contribution is 8.02. The maximum atomic E-state index is 4.29. The summed E-state index contributed by atoms with van der Waals surface area (Å²) in [5.41, 5.74) is 3.64. The Kier molecular flexibility index (Phi) is 6.30. The summed E-state index contributed by atoms with van der Waals surface area (Å²) in [4.78, 5) is 5.53. The van der Waals surface area contributed by atoms with Gasteiger partial charge in [-0.25, -0.2) is 0 Å². The number of hydrogen-bond donors (Lipinski definition) is 0. The molecule has 0 spiro atoms. The molecule has 0 N–H and O–H groups in total. The summed E-state index contributed by atoms with van der Waals surface area (Å²) in [6.07, 6.45) is 1.91. The van der Waals surface area contributed by atoms with E-state index in [2.05, 4.69) is 25.4 Å². The largest absolute Gasteiger partial charge is 0.260 e. The van der Waals surface area contributed by atoms with Crippen LogP contribution in [0.15, 0.2) is 23.1 Å². The van der Waals surface area contributed by atoms with Crippen LogP contribution in [0.1, 0.15) is 30.7 Å². The molecule has 0 atom stereocenters. The molecule has 14 heavy (non-hydrogen) atoms. The van der Waals surface area contributed by atoms with Gasteiger partial charge in [0.15, 0.2) is 0 Å². The molecule has 0 radical (unpaired) electrons. The molecule has 0 fully saturated rings. The van der Waals surface area contributed by atoms with Crippen molar-refractivity contribution in [1.29, 1.82) is 0 Å². The third-order valence-electron chi connectivity index (χ3n) is 1.91. The van der Waals surface area contributed by atoms with Crippen molar-refractivity contribution in [3.63, 3.8) is 0 Å². The van der Waals surface area contributed by atoms with Gasteiger partial charge in [0.1, 0.15) is 0 Å². The number of aromatic nitrogens is 1. The van der Waals surface area contributed by atoms with Crippen LogP contribution < -0.4 is 0 Å². The van der Waals surface area contributed by atoms with E-state index in [1.165, 1.54) is 16.0 Å². The van der Waals surface area contributed by atoms with Gasteiger partial charge in [-0.3, -0.25) is 4.98 Å². The average Bonchev–Trinajstić information content (AvgIpc) is 2.22. The van der Waals surface area contributed by atoms with E-state index >= 15 is 0 Å². The van der Waals surface area contributed by atoms with Crippen LogP contribution in [-0.2, 0) is 0 Å². The van der Waals surface area contributed by atoms with Gasteiger partial charge in [-0.2, -0.15) is 0 Å². The summed E-state index contributed by atoms with van der Waals surface area (Å²) < 4.78 is 0. The fraction of sp³-hybridized carbons (Fsp3) is 0.417. The van der Waals surface area contributed by atoms with Crippen LogP contribution in [-0.4, -0.2) is 4.98 Å². The standard InChI is InChI=1S/C10H13NS.C2H6/c1-5-12-10-8(3)7(2)6-11-9(10)4;1-2/h5-6H,1H2,2-4H3;1-2H3. The van der Waals surface area contributed by atoms with E-state index < -0.39 is 0 Å². The second-order valence-corrected chi connectivity index (χ2v) is 3.74. The molecule has 0 bridgehead atoms. The van der Waals surface area contributed by atoms with Crippen molar-refractivity contribution in [2.75, 3.05) is 0 Å². The predicted octanol–water partition coefficient (Wildman–Crippen LogP) is 4.27. The predicted molar refractivity (Wildman–Crippen MR) is 65.9 cm³/mol. The summed E-state index contributed by atoms with van der Waals surface area (Å²) in [5.74, 6) is 0. The number of thioether (sulfide) groups is 1. The van der Waals surface area contributed by atoms with Gasteiger partial charge >= 0.3 is 0 Å². The molecule has 0 saturated heterocycles. The highest BCUT2D eigenvalue weighted by Crippen LogP contribution is 2.26. The summed E-state index contributed by atoms with van der Waals surface area (Å²) in [6, 6.07) is 0.